The Morgan fingerprint density at radius 3 is 2.58 bits per heavy atom. The van der Waals surface area contributed by atoms with Gasteiger partial charge in [0, 0.05) is 39.3 Å². The van der Waals surface area contributed by atoms with Crippen molar-refractivity contribution in [2.24, 2.45) is 5.92 Å². The van der Waals surface area contributed by atoms with Crippen molar-refractivity contribution in [2.45, 2.75) is 12.8 Å². The summed E-state index contributed by atoms with van der Waals surface area (Å²) in [4.78, 5) is 21.2. The third kappa shape index (κ3) is 3.94. The summed E-state index contributed by atoms with van der Waals surface area (Å²) in [5, 5.41) is 11.9. The quantitative estimate of drug-likeness (QED) is 0.919. The first-order valence-corrected chi connectivity index (χ1v) is 8.77. The van der Waals surface area contributed by atoms with Crippen molar-refractivity contribution in [3.63, 3.8) is 0 Å². The lowest BCUT2D eigenvalue weighted by atomic mass is 9.95. The fourth-order valence-electron chi connectivity index (χ4n) is 3.21. The highest BCUT2D eigenvalue weighted by Crippen LogP contribution is 2.27. The van der Waals surface area contributed by atoms with Gasteiger partial charge in [-0.25, -0.2) is 4.98 Å². The van der Waals surface area contributed by atoms with E-state index in [-0.39, 0.29) is 11.8 Å². The van der Waals surface area contributed by atoms with Crippen LogP contribution in [0.15, 0.2) is 42.6 Å². The van der Waals surface area contributed by atoms with E-state index in [4.69, 9.17) is 5.26 Å². The number of nitrogens with one attached hydrogen (secondary N) is 1. The standard InChI is InChI=1S/C20H23N5O/c1-24(2)18-6-4-3-5-17(18)23-20(26)16-9-11-25(12-10-16)19-8-7-15(13-21)14-22-19/h3-8,14,16H,9-12H2,1-2H3,(H,23,26). The van der Waals surface area contributed by atoms with Crippen molar-refractivity contribution < 1.29 is 4.79 Å². The highest BCUT2D eigenvalue weighted by Gasteiger charge is 2.26. The molecule has 1 N–H and O–H groups in total. The van der Waals surface area contributed by atoms with Crippen LogP contribution >= 0.6 is 0 Å². The Bertz CT molecular complexity index is 802. The van der Waals surface area contributed by atoms with E-state index in [0.29, 0.717) is 5.56 Å². The molecule has 6 heteroatoms. The zero-order chi connectivity index (χ0) is 18.5. The average Bonchev–Trinajstić information content (AvgIpc) is 2.68. The minimum atomic E-state index is -0.000139. The predicted molar refractivity (Wildman–Crippen MR) is 103 cm³/mol. The second-order valence-electron chi connectivity index (χ2n) is 6.68. The lowest BCUT2D eigenvalue weighted by molar-refractivity contribution is -0.120. The second-order valence-corrected chi connectivity index (χ2v) is 6.68. The van der Waals surface area contributed by atoms with Gasteiger partial charge in [-0.3, -0.25) is 4.79 Å². The molecule has 0 bridgehead atoms. The molecule has 1 aromatic heterocycles. The minimum absolute atomic E-state index is 0.000139. The Labute approximate surface area is 154 Å². The lowest BCUT2D eigenvalue weighted by Gasteiger charge is -2.32. The van der Waals surface area contributed by atoms with E-state index in [2.05, 4.69) is 21.3 Å². The maximum atomic E-state index is 12.7. The number of amides is 1. The molecule has 0 radical (unpaired) electrons. The molecule has 0 atom stereocenters. The first-order valence-electron chi connectivity index (χ1n) is 8.77. The Balaban J connectivity index is 1.59. The Morgan fingerprint density at radius 2 is 1.96 bits per heavy atom. The number of benzene rings is 1. The zero-order valence-corrected chi connectivity index (χ0v) is 15.1. The minimum Gasteiger partial charge on any atom is -0.376 e. The number of pyridine rings is 1. The van der Waals surface area contributed by atoms with E-state index in [1.54, 1.807) is 12.3 Å². The molecule has 0 saturated carbocycles. The van der Waals surface area contributed by atoms with Crippen LogP contribution in [0.5, 0.6) is 0 Å². The summed E-state index contributed by atoms with van der Waals surface area (Å²) in [5.41, 5.74) is 2.40. The number of anilines is 3. The number of carbonyl (C=O) groups is 1. The first-order chi connectivity index (χ1) is 12.6. The van der Waals surface area contributed by atoms with E-state index in [9.17, 15) is 4.79 Å². The summed E-state index contributed by atoms with van der Waals surface area (Å²) in [6, 6.07) is 13.5. The van der Waals surface area contributed by atoms with Gasteiger partial charge in [-0.2, -0.15) is 5.26 Å². The third-order valence-corrected chi connectivity index (χ3v) is 4.71. The van der Waals surface area contributed by atoms with Crippen molar-refractivity contribution >= 4 is 23.1 Å². The molecule has 0 aliphatic carbocycles. The number of nitriles is 1. The smallest absolute Gasteiger partial charge is 0.227 e. The molecule has 2 aromatic rings. The van der Waals surface area contributed by atoms with Crippen LogP contribution in [-0.4, -0.2) is 38.1 Å². The predicted octanol–water partition coefficient (Wildman–Crippen LogP) is 2.87. The van der Waals surface area contributed by atoms with Gasteiger partial charge < -0.3 is 15.1 Å². The van der Waals surface area contributed by atoms with Crippen molar-refractivity contribution in [3.05, 3.63) is 48.2 Å². The van der Waals surface area contributed by atoms with Gasteiger partial charge >= 0.3 is 0 Å². The first kappa shape index (κ1) is 17.7. The molecule has 1 amide bonds. The number of aromatic nitrogens is 1. The molecule has 0 spiro atoms. The van der Waals surface area contributed by atoms with Crippen LogP contribution in [0, 0.1) is 17.2 Å². The van der Waals surface area contributed by atoms with Crippen LogP contribution in [0.2, 0.25) is 0 Å². The summed E-state index contributed by atoms with van der Waals surface area (Å²) in [6.07, 6.45) is 3.17. The summed E-state index contributed by atoms with van der Waals surface area (Å²) in [6.45, 7) is 1.57. The molecule has 0 unspecified atom stereocenters. The number of rotatable bonds is 4. The third-order valence-electron chi connectivity index (χ3n) is 4.71. The van der Waals surface area contributed by atoms with Crippen LogP contribution in [0.3, 0.4) is 0 Å². The van der Waals surface area contributed by atoms with Crippen molar-refractivity contribution in [1.29, 1.82) is 5.26 Å². The number of nitrogens with zero attached hydrogens (tertiary/aromatic N) is 4. The summed E-state index contributed by atoms with van der Waals surface area (Å²) in [7, 11) is 3.93. The molecule has 26 heavy (non-hydrogen) atoms. The lowest BCUT2D eigenvalue weighted by Crippen LogP contribution is -2.38. The van der Waals surface area contributed by atoms with Gasteiger partial charge in [0.15, 0.2) is 0 Å². The van der Waals surface area contributed by atoms with E-state index in [0.717, 1.165) is 43.1 Å². The summed E-state index contributed by atoms with van der Waals surface area (Å²) < 4.78 is 0. The highest BCUT2D eigenvalue weighted by molar-refractivity contribution is 5.95. The summed E-state index contributed by atoms with van der Waals surface area (Å²) in [5.74, 6) is 0.937. The zero-order valence-electron chi connectivity index (χ0n) is 15.1. The maximum absolute atomic E-state index is 12.7. The molecule has 1 fully saturated rings. The fourth-order valence-corrected chi connectivity index (χ4v) is 3.21. The SMILES string of the molecule is CN(C)c1ccccc1NC(=O)C1CCN(c2ccc(C#N)cn2)CC1. The molecule has 1 aromatic carbocycles. The number of hydrogen-bond donors (Lipinski definition) is 1. The van der Waals surface area contributed by atoms with Gasteiger partial charge in [0.05, 0.1) is 16.9 Å². The molecule has 1 aliphatic rings. The number of carbonyl (C=O) groups excluding carboxylic acids is 1. The Hall–Kier alpha value is -3.07. The molecule has 3 rings (SSSR count). The van der Waals surface area contributed by atoms with Gasteiger partial charge in [0.2, 0.25) is 5.91 Å². The highest BCUT2D eigenvalue weighted by atomic mass is 16.1. The van der Waals surface area contributed by atoms with E-state index >= 15 is 0 Å². The van der Waals surface area contributed by atoms with Gasteiger partial charge in [-0.1, -0.05) is 12.1 Å². The van der Waals surface area contributed by atoms with Crippen LogP contribution < -0.4 is 15.1 Å². The van der Waals surface area contributed by atoms with E-state index in [1.165, 1.54) is 0 Å². The van der Waals surface area contributed by atoms with E-state index in [1.807, 2.05) is 49.3 Å². The molecule has 1 saturated heterocycles. The Morgan fingerprint density at radius 1 is 1.23 bits per heavy atom. The second kappa shape index (κ2) is 7.87. The molecule has 6 nitrogen and oxygen atoms in total. The fraction of sp³-hybridized carbons (Fsp3) is 0.350. The van der Waals surface area contributed by atoms with Crippen molar-refractivity contribution in [2.75, 3.05) is 42.3 Å². The van der Waals surface area contributed by atoms with Crippen LogP contribution in [0.25, 0.3) is 0 Å². The van der Waals surface area contributed by atoms with Gasteiger partial charge in [-0.05, 0) is 37.1 Å². The normalized spacial score (nSPS) is 14.6. The monoisotopic (exact) mass is 349 g/mol. The molecule has 2 heterocycles. The molecular formula is C20H23N5O. The number of para-hydroxylation sites is 2. The largest absolute Gasteiger partial charge is 0.376 e. The van der Waals surface area contributed by atoms with Crippen LogP contribution in [0.1, 0.15) is 18.4 Å². The molecule has 134 valence electrons. The molecular weight excluding hydrogens is 326 g/mol. The number of piperidine rings is 1. The van der Waals surface area contributed by atoms with E-state index < -0.39 is 0 Å². The topological polar surface area (TPSA) is 72.3 Å². The summed E-state index contributed by atoms with van der Waals surface area (Å²) >= 11 is 0. The average molecular weight is 349 g/mol. The van der Waals surface area contributed by atoms with Crippen molar-refractivity contribution in [1.82, 2.24) is 4.98 Å². The van der Waals surface area contributed by atoms with Gasteiger partial charge in [-0.15, -0.1) is 0 Å². The van der Waals surface area contributed by atoms with Crippen molar-refractivity contribution in [3.8, 4) is 6.07 Å². The van der Waals surface area contributed by atoms with Crippen LogP contribution in [-0.2, 0) is 4.79 Å². The maximum Gasteiger partial charge on any atom is 0.227 e. The Kier molecular flexibility index (Phi) is 5.37. The molecule has 1 aliphatic heterocycles. The van der Waals surface area contributed by atoms with Gasteiger partial charge in [0.25, 0.3) is 0 Å². The van der Waals surface area contributed by atoms with Crippen LogP contribution in [0.4, 0.5) is 17.2 Å². The number of hydrogen-bond acceptors (Lipinski definition) is 5. The van der Waals surface area contributed by atoms with Gasteiger partial charge in [0.1, 0.15) is 11.9 Å².